The molecule has 0 saturated heterocycles. The van der Waals surface area contributed by atoms with Gasteiger partial charge in [0.2, 0.25) is 5.91 Å². The number of carbonyl (C=O) groups excluding carboxylic acids is 1. The van der Waals surface area contributed by atoms with Crippen molar-refractivity contribution in [2.24, 2.45) is 17.8 Å². The Morgan fingerprint density at radius 3 is 2.33 bits per heavy atom. The van der Waals surface area contributed by atoms with E-state index in [1.165, 1.54) is 0 Å². The molecule has 1 amide bonds. The summed E-state index contributed by atoms with van der Waals surface area (Å²) >= 11 is 0. The van der Waals surface area contributed by atoms with Crippen molar-refractivity contribution in [1.82, 2.24) is 5.32 Å². The molecule has 1 aromatic rings. The molecule has 24 heavy (non-hydrogen) atoms. The monoisotopic (exact) mass is 333 g/mol. The molecule has 0 unspecified atom stereocenters. The molecule has 1 aliphatic carbocycles. The van der Waals surface area contributed by atoms with E-state index in [0.29, 0.717) is 12.3 Å². The summed E-state index contributed by atoms with van der Waals surface area (Å²) in [7, 11) is 0. The molecule has 1 aliphatic rings. The fourth-order valence-electron chi connectivity index (χ4n) is 3.44. The van der Waals surface area contributed by atoms with Crippen molar-refractivity contribution in [2.45, 2.75) is 45.1 Å². The average molecular weight is 333 g/mol. The first-order chi connectivity index (χ1) is 11.5. The summed E-state index contributed by atoms with van der Waals surface area (Å²) in [6.07, 6.45) is 3.64. The number of hydrogen-bond donors (Lipinski definition) is 3. The van der Waals surface area contributed by atoms with Crippen molar-refractivity contribution in [3.05, 3.63) is 35.9 Å². The first-order valence-electron chi connectivity index (χ1n) is 8.69. The molecule has 132 valence electrons. The molecule has 0 heterocycles. The van der Waals surface area contributed by atoms with Crippen molar-refractivity contribution in [3.8, 4) is 0 Å². The molecule has 0 radical (unpaired) electrons. The highest BCUT2D eigenvalue weighted by Gasteiger charge is 2.31. The topological polar surface area (TPSA) is 86.6 Å². The van der Waals surface area contributed by atoms with Gasteiger partial charge in [-0.05, 0) is 43.1 Å². The maximum atomic E-state index is 12.4. The second-order valence-electron chi connectivity index (χ2n) is 6.86. The molecule has 5 heteroatoms. The molecule has 2 atom stereocenters. The van der Waals surface area contributed by atoms with Crippen LogP contribution < -0.4 is 5.32 Å². The molecule has 1 fully saturated rings. The summed E-state index contributed by atoms with van der Waals surface area (Å²) in [6, 6.07) is 8.44. The largest absolute Gasteiger partial charge is 0.480 e. The third-order valence-electron chi connectivity index (χ3n) is 5.13. The number of carboxylic acids is 1. The van der Waals surface area contributed by atoms with Gasteiger partial charge >= 0.3 is 5.97 Å². The van der Waals surface area contributed by atoms with E-state index in [-0.39, 0.29) is 24.3 Å². The molecule has 3 N–H and O–H groups in total. The van der Waals surface area contributed by atoms with Gasteiger partial charge in [0.25, 0.3) is 0 Å². The van der Waals surface area contributed by atoms with Gasteiger partial charge in [0, 0.05) is 18.9 Å². The van der Waals surface area contributed by atoms with Crippen LogP contribution in [0.25, 0.3) is 0 Å². The van der Waals surface area contributed by atoms with Crippen LogP contribution in [0.5, 0.6) is 0 Å². The number of amides is 1. The van der Waals surface area contributed by atoms with E-state index < -0.39 is 12.0 Å². The van der Waals surface area contributed by atoms with Crippen LogP contribution in [0.4, 0.5) is 0 Å². The van der Waals surface area contributed by atoms with Gasteiger partial charge < -0.3 is 15.5 Å². The number of nitrogens with one attached hydrogen (secondary N) is 1. The lowest BCUT2D eigenvalue weighted by atomic mass is 9.76. The minimum absolute atomic E-state index is 0.121. The van der Waals surface area contributed by atoms with Gasteiger partial charge in [0.15, 0.2) is 0 Å². The highest BCUT2D eigenvalue weighted by molar-refractivity contribution is 5.85. The van der Waals surface area contributed by atoms with E-state index in [0.717, 1.165) is 31.2 Å². The Kier molecular flexibility index (Phi) is 6.79. The van der Waals surface area contributed by atoms with Crippen LogP contribution in [0.15, 0.2) is 30.3 Å². The lowest BCUT2D eigenvalue weighted by Gasteiger charge is -2.31. The molecule has 0 aliphatic heterocycles. The summed E-state index contributed by atoms with van der Waals surface area (Å²) in [5.74, 6) is -0.564. The zero-order valence-corrected chi connectivity index (χ0v) is 14.1. The third-order valence-corrected chi connectivity index (χ3v) is 5.13. The van der Waals surface area contributed by atoms with E-state index in [1.807, 2.05) is 37.3 Å². The minimum atomic E-state index is -1.00. The van der Waals surface area contributed by atoms with Crippen LogP contribution in [-0.4, -0.2) is 34.7 Å². The Balaban J connectivity index is 1.88. The van der Waals surface area contributed by atoms with Crippen molar-refractivity contribution >= 4 is 11.9 Å². The average Bonchev–Trinajstić information content (AvgIpc) is 2.61. The second-order valence-corrected chi connectivity index (χ2v) is 6.86. The molecule has 0 spiro atoms. The quantitative estimate of drug-likeness (QED) is 0.714. The molecule has 1 aromatic carbocycles. The van der Waals surface area contributed by atoms with Crippen LogP contribution in [-0.2, 0) is 16.0 Å². The van der Waals surface area contributed by atoms with Gasteiger partial charge in [-0.15, -0.1) is 0 Å². The number of rotatable bonds is 7. The number of aliphatic hydroxyl groups excluding tert-OH is 1. The molecule has 2 rings (SSSR count). The van der Waals surface area contributed by atoms with Crippen molar-refractivity contribution in [2.75, 3.05) is 6.61 Å². The molecular weight excluding hydrogens is 306 g/mol. The maximum Gasteiger partial charge on any atom is 0.326 e. The van der Waals surface area contributed by atoms with Gasteiger partial charge in [0.05, 0.1) is 0 Å². The third kappa shape index (κ3) is 5.06. The fraction of sp³-hybridized carbons (Fsp3) is 0.579. The van der Waals surface area contributed by atoms with Crippen molar-refractivity contribution in [3.63, 3.8) is 0 Å². The van der Waals surface area contributed by atoms with Gasteiger partial charge in [-0.3, -0.25) is 4.79 Å². The van der Waals surface area contributed by atoms with Crippen LogP contribution in [0.1, 0.15) is 38.2 Å². The zero-order chi connectivity index (χ0) is 17.5. The van der Waals surface area contributed by atoms with Crippen LogP contribution >= 0.6 is 0 Å². The first-order valence-corrected chi connectivity index (χ1v) is 8.69. The number of carboxylic acid groups (broad SMARTS) is 1. The number of benzene rings is 1. The number of hydrogen-bond acceptors (Lipinski definition) is 3. The summed E-state index contributed by atoms with van der Waals surface area (Å²) in [6.45, 7) is 2.21. The Morgan fingerprint density at radius 2 is 1.79 bits per heavy atom. The Hall–Kier alpha value is -1.88. The van der Waals surface area contributed by atoms with E-state index in [1.54, 1.807) is 0 Å². The number of aliphatic carboxylic acids is 1. The Bertz CT molecular complexity index is 538. The SMILES string of the molecule is C[C@@H](CO)C1CCC(C(=O)N[C@H](Cc2ccccc2)C(=O)O)CC1. The lowest BCUT2D eigenvalue weighted by Crippen LogP contribution is -2.45. The molecular formula is C19H27NO4. The van der Waals surface area contributed by atoms with Gasteiger partial charge in [-0.1, -0.05) is 37.3 Å². The number of carbonyl (C=O) groups is 2. The highest BCUT2D eigenvalue weighted by atomic mass is 16.4. The molecule has 0 aromatic heterocycles. The highest BCUT2D eigenvalue weighted by Crippen LogP contribution is 2.33. The Morgan fingerprint density at radius 1 is 1.17 bits per heavy atom. The van der Waals surface area contributed by atoms with E-state index >= 15 is 0 Å². The molecule has 1 saturated carbocycles. The Labute approximate surface area is 143 Å². The number of aliphatic hydroxyl groups is 1. The van der Waals surface area contributed by atoms with Crippen LogP contribution in [0, 0.1) is 17.8 Å². The molecule has 0 bridgehead atoms. The summed E-state index contributed by atoms with van der Waals surface area (Å²) in [5, 5.41) is 21.3. The van der Waals surface area contributed by atoms with E-state index in [4.69, 9.17) is 0 Å². The summed E-state index contributed by atoms with van der Waals surface area (Å²) in [4.78, 5) is 23.9. The standard InChI is InChI=1S/C19H27NO4/c1-13(12-21)15-7-9-16(10-8-15)18(22)20-17(19(23)24)11-14-5-3-2-4-6-14/h2-6,13,15-17,21H,7-12H2,1H3,(H,20,22)(H,23,24)/t13-,15?,16?,17+/m0/s1. The van der Waals surface area contributed by atoms with E-state index in [9.17, 15) is 19.8 Å². The predicted molar refractivity (Wildman–Crippen MR) is 91.4 cm³/mol. The lowest BCUT2D eigenvalue weighted by molar-refractivity contribution is -0.142. The fourth-order valence-corrected chi connectivity index (χ4v) is 3.44. The predicted octanol–water partition coefficient (Wildman–Crippen LogP) is 2.23. The van der Waals surface area contributed by atoms with Crippen molar-refractivity contribution in [1.29, 1.82) is 0 Å². The minimum Gasteiger partial charge on any atom is -0.480 e. The smallest absolute Gasteiger partial charge is 0.326 e. The van der Waals surface area contributed by atoms with Gasteiger partial charge in [-0.25, -0.2) is 4.79 Å². The molecule has 5 nitrogen and oxygen atoms in total. The first kappa shape index (κ1) is 18.5. The zero-order valence-electron chi connectivity index (χ0n) is 14.1. The van der Waals surface area contributed by atoms with Crippen LogP contribution in [0.2, 0.25) is 0 Å². The summed E-state index contributed by atoms with van der Waals surface area (Å²) in [5.41, 5.74) is 0.894. The van der Waals surface area contributed by atoms with Gasteiger partial charge in [-0.2, -0.15) is 0 Å². The van der Waals surface area contributed by atoms with Crippen molar-refractivity contribution < 1.29 is 19.8 Å². The normalized spacial score (nSPS) is 23.2. The van der Waals surface area contributed by atoms with Crippen LogP contribution in [0.3, 0.4) is 0 Å². The second kappa shape index (κ2) is 8.83. The van der Waals surface area contributed by atoms with Gasteiger partial charge in [0.1, 0.15) is 6.04 Å². The van der Waals surface area contributed by atoms with E-state index in [2.05, 4.69) is 5.32 Å². The maximum absolute atomic E-state index is 12.4. The summed E-state index contributed by atoms with van der Waals surface area (Å²) < 4.78 is 0.